The average molecular weight is 239 g/mol. The molecule has 1 heterocycles. The summed E-state index contributed by atoms with van der Waals surface area (Å²) in [7, 11) is 0. The third-order valence-corrected chi connectivity index (χ3v) is 3.36. The molecule has 0 aliphatic heterocycles. The summed E-state index contributed by atoms with van der Waals surface area (Å²) < 4.78 is 0. The second kappa shape index (κ2) is 4.21. The lowest BCUT2D eigenvalue weighted by Crippen LogP contribution is -1.90. The summed E-state index contributed by atoms with van der Waals surface area (Å²) in [6.45, 7) is 2.00. The fourth-order valence-electron chi connectivity index (χ4n) is 1.39. The molecule has 2 N–H and O–H groups in total. The Balaban J connectivity index is 2.21. The number of aromatic nitrogens is 1. The van der Waals surface area contributed by atoms with E-state index in [1.807, 2.05) is 31.3 Å². The lowest BCUT2D eigenvalue weighted by molar-refractivity contribution is 1.21. The van der Waals surface area contributed by atoms with E-state index in [9.17, 15) is 0 Å². The number of aryl methyl sites for hydroxylation is 1. The van der Waals surface area contributed by atoms with E-state index >= 15 is 0 Å². The van der Waals surface area contributed by atoms with Crippen molar-refractivity contribution in [2.24, 2.45) is 0 Å². The number of halogens is 1. The molecule has 78 valence electrons. The van der Waals surface area contributed by atoms with Crippen LogP contribution in [0.3, 0.4) is 0 Å². The van der Waals surface area contributed by atoms with E-state index in [-0.39, 0.29) is 0 Å². The maximum Gasteiger partial charge on any atom is 0.0896 e. The summed E-state index contributed by atoms with van der Waals surface area (Å²) in [6, 6.07) is 5.74. The molecule has 0 spiro atoms. The predicted octanol–water partition coefficient (Wildman–Crippen LogP) is 3.28. The highest BCUT2D eigenvalue weighted by Crippen LogP contribution is 2.22. The zero-order valence-corrected chi connectivity index (χ0v) is 9.90. The molecular formula is C11H11ClN2S. The Morgan fingerprint density at radius 1 is 1.47 bits per heavy atom. The number of hydrogen-bond acceptors (Lipinski definition) is 3. The fourth-order valence-corrected chi connectivity index (χ4v) is 2.34. The predicted molar refractivity (Wildman–Crippen MR) is 65.5 cm³/mol. The Bertz CT molecular complexity index is 479. The van der Waals surface area contributed by atoms with E-state index in [4.69, 9.17) is 17.3 Å². The average Bonchev–Trinajstić information content (AvgIpc) is 2.58. The zero-order valence-electron chi connectivity index (χ0n) is 8.33. The lowest BCUT2D eigenvalue weighted by atomic mass is 10.1. The van der Waals surface area contributed by atoms with E-state index in [0.29, 0.717) is 10.7 Å². The van der Waals surface area contributed by atoms with Crippen LogP contribution in [-0.4, -0.2) is 4.98 Å². The maximum atomic E-state index is 5.85. The number of anilines is 1. The topological polar surface area (TPSA) is 38.9 Å². The zero-order chi connectivity index (χ0) is 10.8. The highest BCUT2D eigenvalue weighted by molar-refractivity contribution is 7.11. The monoisotopic (exact) mass is 238 g/mol. The van der Waals surface area contributed by atoms with Gasteiger partial charge >= 0.3 is 0 Å². The molecule has 0 saturated carbocycles. The van der Waals surface area contributed by atoms with E-state index in [1.54, 1.807) is 11.3 Å². The third-order valence-electron chi connectivity index (χ3n) is 2.11. The first-order valence-electron chi connectivity index (χ1n) is 4.60. The summed E-state index contributed by atoms with van der Waals surface area (Å²) >= 11 is 7.56. The number of nitrogen functional groups attached to an aromatic ring is 1. The summed E-state index contributed by atoms with van der Waals surface area (Å²) in [5, 5.41) is 1.70. The van der Waals surface area contributed by atoms with Gasteiger partial charge in [-0.25, -0.2) is 4.98 Å². The Kier molecular flexibility index (Phi) is 2.93. The molecule has 0 fully saturated rings. The summed E-state index contributed by atoms with van der Waals surface area (Å²) in [5.74, 6) is 0. The molecule has 0 aliphatic rings. The van der Waals surface area contributed by atoms with Gasteiger partial charge in [0.15, 0.2) is 0 Å². The molecule has 0 saturated heterocycles. The normalized spacial score (nSPS) is 10.5. The molecule has 0 unspecified atom stereocenters. The van der Waals surface area contributed by atoms with Crippen LogP contribution < -0.4 is 5.73 Å². The van der Waals surface area contributed by atoms with Gasteiger partial charge in [0.1, 0.15) is 0 Å². The van der Waals surface area contributed by atoms with Crippen molar-refractivity contribution in [2.75, 3.05) is 5.73 Å². The van der Waals surface area contributed by atoms with Crippen LogP contribution in [0.15, 0.2) is 24.4 Å². The smallest absolute Gasteiger partial charge is 0.0896 e. The highest BCUT2D eigenvalue weighted by atomic mass is 35.5. The molecule has 2 rings (SSSR count). The number of hydrogen-bond donors (Lipinski definition) is 1. The van der Waals surface area contributed by atoms with Gasteiger partial charge in [-0.1, -0.05) is 17.7 Å². The van der Waals surface area contributed by atoms with Crippen molar-refractivity contribution < 1.29 is 0 Å². The van der Waals surface area contributed by atoms with Crippen molar-refractivity contribution in [1.82, 2.24) is 4.98 Å². The summed E-state index contributed by atoms with van der Waals surface area (Å²) in [6.07, 6.45) is 2.78. The maximum absolute atomic E-state index is 5.85. The second-order valence-electron chi connectivity index (χ2n) is 3.38. The van der Waals surface area contributed by atoms with Crippen LogP contribution in [0.2, 0.25) is 5.02 Å². The van der Waals surface area contributed by atoms with Crippen LogP contribution >= 0.6 is 22.9 Å². The number of rotatable bonds is 2. The minimum absolute atomic E-state index is 0.610. The Labute approximate surface area is 97.7 Å². The number of nitrogens with two attached hydrogens (primary N) is 1. The van der Waals surface area contributed by atoms with Gasteiger partial charge in [0.25, 0.3) is 0 Å². The van der Waals surface area contributed by atoms with Crippen LogP contribution in [-0.2, 0) is 6.42 Å². The standard InChI is InChI=1S/C11H11ClN2S/c1-7-14-6-9(15-7)4-8-2-3-10(12)11(13)5-8/h2-3,5-6H,4,13H2,1H3. The molecule has 1 aromatic carbocycles. The van der Waals surface area contributed by atoms with Gasteiger partial charge in [-0.2, -0.15) is 0 Å². The fraction of sp³-hybridized carbons (Fsp3) is 0.182. The molecule has 0 radical (unpaired) electrons. The van der Waals surface area contributed by atoms with Crippen molar-refractivity contribution >= 4 is 28.6 Å². The minimum atomic E-state index is 0.610. The molecular weight excluding hydrogens is 228 g/mol. The first-order chi connectivity index (χ1) is 7.15. The number of nitrogens with zero attached hydrogens (tertiary/aromatic N) is 1. The molecule has 0 aliphatic carbocycles. The first kappa shape index (κ1) is 10.5. The Hall–Kier alpha value is -1.06. The van der Waals surface area contributed by atoms with Crippen molar-refractivity contribution in [3.8, 4) is 0 Å². The van der Waals surface area contributed by atoms with Gasteiger partial charge < -0.3 is 5.73 Å². The first-order valence-corrected chi connectivity index (χ1v) is 5.80. The van der Waals surface area contributed by atoms with Crippen molar-refractivity contribution in [3.05, 3.63) is 44.9 Å². The molecule has 2 aromatic rings. The quantitative estimate of drug-likeness (QED) is 0.816. The summed E-state index contributed by atoms with van der Waals surface area (Å²) in [5.41, 5.74) is 7.54. The van der Waals surface area contributed by atoms with Crippen molar-refractivity contribution in [3.63, 3.8) is 0 Å². The van der Waals surface area contributed by atoms with E-state index < -0.39 is 0 Å². The number of benzene rings is 1. The highest BCUT2D eigenvalue weighted by Gasteiger charge is 2.02. The van der Waals surface area contributed by atoms with E-state index in [0.717, 1.165) is 11.4 Å². The molecule has 15 heavy (non-hydrogen) atoms. The van der Waals surface area contributed by atoms with E-state index in [2.05, 4.69) is 4.98 Å². The van der Waals surface area contributed by atoms with Crippen LogP contribution in [0.25, 0.3) is 0 Å². The van der Waals surface area contributed by atoms with Gasteiger partial charge in [-0.05, 0) is 24.6 Å². The molecule has 0 bridgehead atoms. The van der Waals surface area contributed by atoms with Crippen LogP contribution in [0.1, 0.15) is 15.4 Å². The van der Waals surface area contributed by atoms with Crippen molar-refractivity contribution in [1.29, 1.82) is 0 Å². The number of thiazole rings is 1. The van der Waals surface area contributed by atoms with Gasteiger partial charge in [-0.15, -0.1) is 11.3 Å². The van der Waals surface area contributed by atoms with Crippen LogP contribution in [0.4, 0.5) is 5.69 Å². The van der Waals surface area contributed by atoms with Gasteiger partial charge in [0.2, 0.25) is 0 Å². The Morgan fingerprint density at radius 2 is 2.27 bits per heavy atom. The lowest BCUT2D eigenvalue weighted by Gasteiger charge is -2.01. The molecule has 0 atom stereocenters. The third kappa shape index (κ3) is 2.49. The second-order valence-corrected chi connectivity index (χ2v) is 5.10. The molecule has 1 aromatic heterocycles. The summed E-state index contributed by atoms with van der Waals surface area (Å²) in [4.78, 5) is 5.46. The van der Waals surface area contributed by atoms with Crippen LogP contribution in [0, 0.1) is 6.92 Å². The SMILES string of the molecule is Cc1ncc(Cc2ccc(Cl)c(N)c2)s1. The molecule has 4 heteroatoms. The minimum Gasteiger partial charge on any atom is -0.398 e. The molecule has 0 amide bonds. The van der Waals surface area contributed by atoms with Gasteiger partial charge in [0, 0.05) is 17.5 Å². The largest absolute Gasteiger partial charge is 0.398 e. The van der Waals surface area contributed by atoms with Gasteiger partial charge in [0.05, 0.1) is 15.7 Å². The van der Waals surface area contributed by atoms with Crippen LogP contribution in [0.5, 0.6) is 0 Å². The van der Waals surface area contributed by atoms with E-state index in [1.165, 1.54) is 10.4 Å². The Morgan fingerprint density at radius 3 is 2.87 bits per heavy atom. The molecule has 2 nitrogen and oxygen atoms in total. The van der Waals surface area contributed by atoms with Gasteiger partial charge in [-0.3, -0.25) is 0 Å². The van der Waals surface area contributed by atoms with Crippen molar-refractivity contribution in [2.45, 2.75) is 13.3 Å².